The molecule has 1 aliphatic heterocycles. The van der Waals surface area contributed by atoms with Crippen molar-refractivity contribution in [1.29, 1.82) is 0 Å². The molecule has 1 aromatic carbocycles. The van der Waals surface area contributed by atoms with Crippen molar-refractivity contribution in [2.24, 2.45) is 0 Å². The van der Waals surface area contributed by atoms with Crippen LogP contribution in [-0.2, 0) is 24.3 Å². The summed E-state index contributed by atoms with van der Waals surface area (Å²) in [4.78, 5) is 10.1. The molecule has 1 aliphatic rings. The molecule has 1 saturated heterocycles. The zero-order valence-corrected chi connectivity index (χ0v) is 13.3. The average molecular weight is 347 g/mol. The summed E-state index contributed by atoms with van der Waals surface area (Å²) in [6.45, 7) is 1.46. The first-order chi connectivity index (χ1) is 10.8. The third kappa shape index (κ3) is 4.71. The van der Waals surface area contributed by atoms with Gasteiger partial charge in [0.2, 0.25) is 10.0 Å². The molecule has 128 valence electrons. The van der Waals surface area contributed by atoms with Gasteiger partial charge in [0.25, 0.3) is 0 Å². The zero-order chi connectivity index (χ0) is 17.0. The molecule has 1 aromatic rings. The molecular formula is C14H18FNO6S. The standard InChI is InChI=1S/C14H18FNO6S/c1-9-2-3-13(10(15)6-9)23(19,20)16-11-4-5-21-7-12(11)22-8-14(17)18/h2-3,6,11-12,16H,4-5,7-8H2,1H3,(H,17,18)/t11-,12-/m1/s1. The number of sulfonamides is 1. The van der Waals surface area contributed by atoms with Crippen LogP contribution >= 0.6 is 0 Å². The van der Waals surface area contributed by atoms with Gasteiger partial charge in [-0.2, -0.15) is 0 Å². The Hall–Kier alpha value is -1.55. The first-order valence-electron chi connectivity index (χ1n) is 6.99. The largest absolute Gasteiger partial charge is 0.480 e. The number of aryl methyl sites for hydroxylation is 1. The predicted molar refractivity (Wildman–Crippen MR) is 78.1 cm³/mol. The Bertz CT molecular complexity index is 678. The van der Waals surface area contributed by atoms with Crippen molar-refractivity contribution in [3.8, 4) is 0 Å². The highest BCUT2D eigenvalue weighted by molar-refractivity contribution is 7.89. The van der Waals surface area contributed by atoms with Crippen molar-refractivity contribution in [1.82, 2.24) is 4.72 Å². The second-order valence-corrected chi connectivity index (χ2v) is 6.95. The van der Waals surface area contributed by atoms with Crippen LogP contribution in [0.1, 0.15) is 12.0 Å². The van der Waals surface area contributed by atoms with E-state index in [1.54, 1.807) is 6.92 Å². The highest BCUT2D eigenvalue weighted by Crippen LogP contribution is 2.19. The van der Waals surface area contributed by atoms with Crippen molar-refractivity contribution in [2.45, 2.75) is 30.4 Å². The van der Waals surface area contributed by atoms with Crippen LogP contribution in [0.2, 0.25) is 0 Å². The number of hydrogen-bond donors (Lipinski definition) is 2. The van der Waals surface area contributed by atoms with E-state index in [9.17, 15) is 17.6 Å². The number of aliphatic carboxylic acids is 1. The summed E-state index contributed by atoms with van der Waals surface area (Å²) in [6.07, 6.45) is -0.445. The Morgan fingerprint density at radius 1 is 1.52 bits per heavy atom. The van der Waals surface area contributed by atoms with E-state index in [0.717, 1.165) is 6.07 Å². The minimum Gasteiger partial charge on any atom is -0.480 e. The van der Waals surface area contributed by atoms with Crippen LogP contribution in [0, 0.1) is 12.7 Å². The maximum atomic E-state index is 13.9. The molecule has 1 fully saturated rings. The van der Waals surface area contributed by atoms with Gasteiger partial charge in [0.05, 0.1) is 18.8 Å². The molecule has 2 atom stereocenters. The summed E-state index contributed by atoms with van der Waals surface area (Å²) in [5, 5.41) is 8.65. The molecular weight excluding hydrogens is 329 g/mol. The summed E-state index contributed by atoms with van der Waals surface area (Å²) < 4.78 is 51.3. The average Bonchev–Trinajstić information content (AvgIpc) is 2.45. The highest BCUT2D eigenvalue weighted by Gasteiger charge is 2.32. The van der Waals surface area contributed by atoms with Gasteiger partial charge < -0.3 is 14.6 Å². The van der Waals surface area contributed by atoms with Gasteiger partial charge in [-0.15, -0.1) is 0 Å². The van der Waals surface area contributed by atoms with Gasteiger partial charge in [-0.3, -0.25) is 0 Å². The Kier molecular flexibility index (Phi) is 5.69. The molecule has 0 unspecified atom stereocenters. The number of nitrogens with one attached hydrogen (secondary N) is 1. The number of benzene rings is 1. The zero-order valence-electron chi connectivity index (χ0n) is 12.5. The van der Waals surface area contributed by atoms with Gasteiger partial charge in [-0.05, 0) is 31.0 Å². The predicted octanol–water partition coefficient (Wildman–Crippen LogP) is 0.671. The Morgan fingerprint density at radius 2 is 2.26 bits per heavy atom. The van der Waals surface area contributed by atoms with Crippen LogP contribution in [0.5, 0.6) is 0 Å². The lowest BCUT2D eigenvalue weighted by Crippen LogP contribution is -2.50. The fourth-order valence-corrected chi connectivity index (χ4v) is 3.63. The van der Waals surface area contributed by atoms with E-state index in [1.165, 1.54) is 12.1 Å². The van der Waals surface area contributed by atoms with E-state index in [2.05, 4.69) is 4.72 Å². The van der Waals surface area contributed by atoms with E-state index >= 15 is 0 Å². The first kappa shape index (κ1) is 17.8. The van der Waals surface area contributed by atoms with E-state index in [-0.39, 0.29) is 6.61 Å². The smallest absolute Gasteiger partial charge is 0.329 e. The van der Waals surface area contributed by atoms with E-state index in [0.29, 0.717) is 18.6 Å². The summed E-state index contributed by atoms with van der Waals surface area (Å²) in [6, 6.07) is 3.14. The van der Waals surface area contributed by atoms with Crippen molar-refractivity contribution in [3.05, 3.63) is 29.6 Å². The van der Waals surface area contributed by atoms with E-state index in [1.807, 2.05) is 0 Å². The van der Waals surface area contributed by atoms with E-state index < -0.39 is 45.5 Å². The van der Waals surface area contributed by atoms with Crippen molar-refractivity contribution < 1.29 is 32.2 Å². The molecule has 2 N–H and O–H groups in total. The Morgan fingerprint density at radius 3 is 2.91 bits per heavy atom. The van der Waals surface area contributed by atoms with Crippen LogP contribution < -0.4 is 4.72 Å². The molecule has 0 aliphatic carbocycles. The van der Waals surface area contributed by atoms with Crippen LogP contribution in [0.25, 0.3) is 0 Å². The molecule has 0 aromatic heterocycles. The molecule has 0 radical (unpaired) electrons. The normalized spacial score (nSPS) is 22.0. The second kappa shape index (κ2) is 7.35. The quantitative estimate of drug-likeness (QED) is 0.784. The minimum absolute atomic E-state index is 0.0663. The Balaban J connectivity index is 2.15. The summed E-state index contributed by atoms with van der Waals surface area (Å²) >= 11 is 0. The number of ether oxygens (including phenoxy) is 2. The van der Waals surface area contributed by atoms with Crippen molar-refractivity contribution in [2.75, 3.05) is 19.8 Å². The summed E-state index contributed by atoms with van der Waals surface area (Å²) in [5.74, 6) is -2.01. The molecule has 0 saturated carbocycles. The fourth-order valence-electron chi connectivity index (χ4n) is 2.28. The molecule has 1 heterocycles. The topological polar surface area (TPSA) is 102 Å². The van der Waals surface area contributed by atoms with Crippen molar-refractivity contribution >= 4 is 16.0 Å². The van der Waals surface area contributed by atoms with Gasteiger partial charge in [0, 0.05) is 6.61 Å². The summed E-state index contributed by atoms with van der Waals surface area (Å²) in [7, 11) is -4.09. The monoisotopic (exact) mass is 347 g/mol. The number of carboxylic acid groups (broad SMARTS) is 1. The number of carbonyl (C=O) groups is 1. The third-order valence-corrected chi connectivity index (χ3v) is 4.93. The van der Waals surface area contributed by atoms with Crippen LogP contribution in [0.15, 0.2) is 23.1 Å². The molecule has 7 nitrogen and oxygen atoms in total. The minimum atomic E-state index is -4.09. The maximum Gasteiger partial charge on any atom is 0.329 e. The Labute approximate surface area is 133 Å². The lowest BCUT2D eigenvalue weighted by molar-refractivity contribution is -0.148. The molecule has 23 heavy (non-hydrogen) atoms. The van der Waals surface area contributed by atoms with E-state index in [4.69, 9.17) is 14.6 Å². The third-order valence-electron chi connectivity index (χ3n) is 3.41. The van der Waals surface area contributed by atoms with Gasteiger partial charge in [-0.1, -0.05) is 6.07 Å². The van der Waals surface area contributed by atoms with Gasteiger partial charge in [0.1, 0.15) is 17.3 Å². The number of carboxylic acids is 1. The van der Waals surface area contributed by atoms with Gasteiger partial charge in [-0.25, -0.2) is 22.3 Å². The molecule has 0 amide bonds. The van der Waals surface area contributed by atoms with Crippen LogP contribution in [-0.4, -0.2) is 51.5 Å². The van der Waals surface area contributed by atoms with Crippen LogP contribution in [0.3, 0.4) is 0 Å². The van der Waals surface area contributed by atoms with Gasteiger partial charge in [0.15, 0.2) is 0 Å². The molecule has 0 bridgehead atoms. The number of rotatable bonds is 6. The number of hydrogen-bond acceptors (Lipinski definition) is 5. The fraction of sp³-hybridized carbons (Fsp3) is 0.500. The first-order valence-corrected chi connectivity index (χ1v) is 8.47. The molecule has 0 spiro atoms. The second-order valence-electron chi connectivity index (χ2n) is 5.27. The summed E-state index contributed by atoms with van der Waals surface area (Å²) in [5.41, 5.74) is 0.607. The number of halogens is 1. The lowest BCUT2D eigenvalue weighted by atomic mass is 10.1. The highest BCUT2D eigenvalue weighted by atomic mass is 32.2. The molecule has 9 heteroatoms. The SMILES string of the molecule is Cc1ccc(S(=O)(=O)N[C@@H]2CCOC[C@H]2OCC(=O)O)c(F)c1. The molecule has 2 rings (SSSR count). The lowest BCUT2D eigenvalue weighted by Gasteiger charge is -2.31. The van der Waals surface area contributed by atoms with Crippen LogP contribution in [0.4, 0.5) is 4.39 Å². The van der Waals surface area contributed by atoms with Gasteiger partial charge >= 0.3 is 5.97 Å². The maximum absolute atomic E-state index is 13.9. The van der Waals surface area contributed by atoms with Crippen molar-refractivity contribution in [3.63, 3.8) is 0 Å².